The van der Waals surface area contributed by atoms with Gasteiger partial charge in [-0.05, 0) is 56.3 Å². The molecule has 2 nitrogen and oxygen atoms in total. The van der Waals surface area contributed by atoms with E-state index in [9.17, 15) is 0 Å². The first-order chi connectivity index (χ1) is 9.10. The van der Waals surface area contributed by atoms with Gasteiger partial charge in [0.2, 0.25) is 0 Å². The van der Waals surface area contributed by atoms with Gasteiger partial charge in [0.1, 0.15) is 11.5 Å². The molecular formula is C16H18ClNO. The second kappa shape index (κ2) is 6.09. The molecule has 0 radical (unpaired) electrons. The summed E-state index contributed by atoms with van der Waals surface area (Å²) in [4.78, 5) is 0. The van der Waals surface area contributed by atoms with Gasteiger partial charge in [0.15, 0.2) is 0 Å². The van der Waals surface area contributed by atoms with Gasteiger partial charge in [-0.25, -0.2) is 0 Å². The Morgan fingerprint density at radius 1 is 1.11 bits per heavy atom. The van der Waals surface area contributed by atoms with Crippen LogP contribution >= 0.6 is 11.6 Å². The number of aryl methyl sites for hydroxylation is 1. The number of halogens is 1. The van der Waals surface area contributed by atoms with Crippen molar-refractivity contribution in [3.05, 3.63) is 58.6 Å². The molecule has 0 heterocycles. The van der Waals surface area contributed by atoms with E-state index in [-0.39, 0.29) is 6.04 Å². The molecule has 0 saturated carbocycles. The maximum Gasteiger partial charge on any atom is 0.128 e. The average molecular weight is 276 g/mol. The van der Waals surface area contributed by atoms with Crippen molar-refractivity contribution >= 4 is 11.6 Å². The van der Waals surface area contributed by atoms with Crippen LogP contribution in [-0.2, 0) is 0 Å². The number of ether oxygens (including phenoxy) is 1. The van der Waals surface area contributed by atoms with Crippen LogP contribution in [0.5, 0.6) is 11.5 Å². The zero-order valence-corrected chi connectivity index (χ0v) is 12.2. The minimum atomic E-state index is 0.223. The Morgan fingerprint density at radius 3 is 2.47 bits per heavy atom. The molecular weight excluding hydrogens is 258 g/mol. The Bertz CT molecular complexity index is 568. The summed E-state index contributed by atoms with van der Waals surface area (Å²) in [6, 6.07) is 14.0. The predicted molar refractivity (Wildman–Crippen MR) is 80.2 cm³/mol. The van der Waals surface area contributed by atoms with Crippen LogP contribution < -0.4 is 10.1 Å². The Labute approximate surface area is 119 Å². The van der Waals surface area contributed by atoms with E-state index in [4.69, 9.17) is 16.3 Å². The first-order valence-corrected chi connectivity index (χ1v) is 6.69. The number of rotatable bonds is 4. The van der Waals surface area contributed by atoms with Crippen molar-refractivity contribution in [1.82, 2.24) is 5.32 Å². The van der Waals surface area contributed by atoms with Crippen molar-refractivity contribution < 1.29 is 4.74 Å². The fourth-order valence-electron chi connectivity index (χ4n) is 1.89. The van der Waals surface area contributed by atoms with E-state index < -0.39 is 0 Å². The highest BCUT2D eigenvalue weighted by molar-refractivity contribution is 6.31. The summed E-state index contributed by atoms with van der Waals surface area (Å²) < 4.78 is 5.80. The third-order valence-electron chi connectivity index (χ3n) is 3.10. The summed E-state index contributed by atoms with van der Waals surface area (Å²) >= 11 is 6.28. The van der Waals surface area contributed by atoms with E-state index >= 15 is 0 Å². The molecule has 0 fully saturated rings. The first-order valence-electron chi connectivity index (χ1n) is 6.31. The fraction of sp³-hybridized carbons (Fsp3) is 0.250. The number of benzene rings is 2. The van der Waals surface area contributed by atoms with Gasteiger partial charge in [-0.15, -0.1) is 0 Å². The van der Waals surface area contributed by atoms with Gasteiger partial charge < -0.3 is 10.1 Å². The number of hydrogen-bond acceptors (Lipinski definition) is 2. The first kappa shape index (κ1) is 13.9. The van der Waals surface area contributed by atoms with Crippen molar-refractivity contribution in [3.8, 4) is 11.5 Å². The Kier molecular flexibility index (Phi) is 4.46. The molecule has 0 bridgehead atoms. The number of nitrogens with one attached hydrogen (secondary N) is 1. The van der Waals surface area contributed by atoms with Crippen LogP contribution in [0.2, 0.25) is 5.02 Å². The molecule has 0 aliphatic rings. The van der Waals surface area contributed by atoms with Crippen molar-refractivity contribution in [3.63, 3.8) is 0 Å². The van der Waals surface area contributed by atoms with Gasteiger partial charge in [-0.1, -0.05) is 29.8 Å². The highest BCUT2D eigenvalue weighted by Crippen LogP contribution is 2.30. The summed E-state index contributed by atoms with van der Waals surface area (Å²) in [6.45, 7) is 4.11. The van der Waals surface area contributed by atoms with Crippen LogP contribution in [0.3, 0.4) is 0 Å². The lowest BCUT2D eigenvalue weighted by atomic mass is 10.1. The zero-order valence-electron chi connectivity index (χ0n) is 11.4. The summed E-state index contributed by atoms with van der Waals surface area (Å²) in [7, 11) is 1.91. The summed E-state index contributed by atoms with van der Waals surface area (Å²) in [6.07, 6.45) is 0. The summed E-state index contributed by atoms with van der Waals surface area (Å²) in [5.41, 5.74) is 2.24. The van der Waals surface area contributed by atoms with Crippen molar-refractivity contribution in [2.24, 2.45) is 0 Å². The molecule has 2 rings (SSSR count). The molecule has 100 valence electrons. The lowest BCUT2D eigenvalue weighted by Gasteiger charge is -2.14. The third-order valence-corrected chi connectivity index (χ3v) is 3.42. The third kappa shape index (κ3) is 3.49. The van der Waals surface area contributed by atoms with E-state index in [1.165, 1.54) is 5.56 Å². The quantitative estimate of drug-likeness (QED) is 0.872. The molecule has 0 aromatic heterocycles. The van der Waals surface area contributed by atoms with E-state index in [1.807, 2.05) is 56.4 Å². The largest absolute Gasteiger partial charge is 0.457 e. The molecule has 0 aliphatic carbocycles. The second-order valence-corrected chi connectivity index (χ2v) is 5.02. The molecule has 1 atom stereocenters. The van der Waals surface area contributed by atoms with Crippen LogP contribution in [0, 0.1) is 6.92 Å². The molecule has 2 aromatic carbocycles. The smallest absolute Gasteiger partial charge is 0.128 e. The normalized spacial score (nSPS) is 12.2. The molecule has 0 saturated heterocycles. The maximum absolute atomic E-state index is 6.28. The Balaban J connectivity index is 2.21. The Hall–Kier alpha value is -1.51. The zero-order chi connectivity index (χ0) is 13.8. The van der Waals surface area contributed by atoms with Crippen molar-refractivity contribution in [2.45, 2.75) is 19.9 Å². The predicted octanol–water partition coefficient (Wildman–Crippen LogP) is 4.72. The fourth-order valence-corrected chi connectivity index (χ4v) is 2.23. The second-order valence-electron chi connectivity index (χ2n) is 4.61. The van der Waals surface area contributed by atoms with Gasteiger partial charge in [0, 0.05) is 11.1 Å². The average Bonchev–Trinajstić information content (AvgIpc) is 2.38. The van der Waals surface area contributed by atoms with E-state index in [0.29, 0.717) is 5.02 Å². The standard InChI is InChI=1S/C16H18ClNO/c1-11-5-4-6-13(9-11)19-14-7-8-15(12(2)18-3)16(17)10-14/h4-10,12,18H,1-3H3. The molecule has 0 aliphatic heterocycles. The number of hydrogen-bond donors (Lipinski definition) is 1. The van der Waals surface area contributed by atoms with Crippen LogP contribution in [0.4, 0.5) is 0 Å². The molecule has 1 N–H and O–H groups in total. The Morgan fingerprint density at radius 2 is 1.84 bits per heavy atom. The van der Waals surface area contributed by atoms with Crippen LogP contribution in [0.25, 0.3) is 0 Å². The van der Waals surface area contributed by atoms with Gasteiger partial charge >= 0.3 is 0 Å². The van der Waals surface area contributed by atoms with Crippen LogP contribution in [0.15, 0.2) is 42.5 Å². The van der Waals surface area contributed by atoms with Gasteiger partial charge in [-0.2, -0.15) is 0 Å². The lowest BCUT2D eigenvalue weighted by Crippen LogP contribution is -2.12. The van der Waals surface area contributed by atoms with E-state index in [2.05, 4.69) is 12.2 Å². The van der Waals surface area contributed by atoms with Gasteiger partial charge in [0.25, 0.3) is 0 Å². The topological polar surface area (TPSA) is 21.3 Å². The minimum Gasteiger partial charge on any atom is -0.457 e. The molecule has 0 spiro atoms. The van der Waals surface area contributed by atoms with Crippen LogP contribution in [-0.4, -0.2) is 7.05 Å². The van der Waals surface area contributed by atoms with Crippen LogP contribution in [0.1, 0.15) is 24.1 Å². The van der Waals surface area contributed by atoms with Crippen molar-refractivity contribution in [2.75, 3.05) is 7.05 Å². The highest BCUT2D eigenvalue weighted by Gasteiger charge is 2.09. The van der Waals surface area contributed by atoms with Crippen molar-refractivity contribution in [1.29, 1.82) is 0 Å². The molecule has 3 heteroatoms. The molecule has 19 heavy (non-hydrogen) atoms. The van der Waals surface area contributed by atoms with E-state index in [1.54, 1.807) is 0 Å². The molecule has 1 unspecified atom stereocenters. The SMILES string of the molecule is CNC(C)c1ccc(Oc2cccc(C)c2)cc1Cl. The van der Waals surface area contributed by atoms with Gasteiger partial charge in [-0.3, -0.25) is 0 Å². The summed E-state index contributed by atoms with van der Waals surface area (Å²) in [5, 5.41) is 3.89. The van der Waals surface area contributed by atoms with Gasteiger partial charge in [0.05, 0.1) is 0 Å². The van der Waals surface area contributed by atoms with E-state index in [0.717, 1.165) is 17.1 Å². The molecule has 0 amide bonds. The highest BCUT2D eigenvalue weighted by atomic mass is 35.5. The molecule has 2 aromatic rings. The lowest BCUT2D eigenvalue weighted by molar-refractivity contribution is 0.481. The summed E-state index contributed by atoms with van der Waals surface area (Å²) in [5.74, 6) is 1.58. The monoisotopic (exact) mass is 275 g/mol. The maximum atomic E-state index is 6.28. The minimum absolute atomic E-state index is 0.223.